The molecule has 0 aliphatic heterocycles. The fraction of sp³-hybridized carbons (Fsp3) is 0.467. The largest absolute Gasteiger partial charge is 0.464 e. The number of anilines is 1. The van der Waals surface area contributed by atoms with Gasteiger partial charge in [-0.15, -0.1) is 5.54 Å². The summed E-state index contributed by atoms with van der Waals surface area (Å²) in [5.74, 6) is 2.69. The van der Waals surface area contributed by atoms with E-state index in [1.165, 1.54) is 6.20 Å². The highest BCUT2D eigenvalue weighted by Gasteiger charge is 2.29. The zero-order chi connectivity index (χ0) is 18.3. The molecule has 0 saturated heterocycles. The molecule has 2 amide bonds. The van der Waals surface area contributed by atoms with Crippen LogP contribution in [0.1, 0.15) is 25.5 Å². The summed E-state index contributed by atoms with van der Waals surface area (Å²) in [6, 6.07) is 0. The summed E-state index contributed by atoms with van der Waals surface area (Å²) in [5.41, 5.74) is 3.20. The molecule has 1 heterocycles. The Bertz CT molecular complexity index is 680. The van der Waals surface area contributed by atoms with Crippen LogP contribution in [-0.2, 0) is 4.74 Å². The van der Waals surface area contributed by atoms with Crippen molar-refractivity contribution in [2.45, 2.75) is 39.4 Å². The maximum atomic E-state index is 12.1. The van der Waals surface area contributed by atoms with Crippen LogP contribution >= 0.6 is 15.9 Å². The molecule has 0 aromatic carbocycles. The van der Waals surface area contributed by atoms with Gasteiger partial charge in [-0.2, -0.15) is 4.90 Å². The van der Waals surface area contributed by atoms with E-state index in [9.17, 15) is 14.7 Å². The summed E-state index contributed by atoms with van der Waals surface area (Å²) in [5, 5.41) is 9.38. The van der Waals surface area contributed by atoms with E-state index >= 15 is 0 Å². The molecule has 0 aliphatic carbocycles. The monoisotopic (exact) mass is 413 g/mol. The van der Waals surface area contributed by atoms with Crippen LogP contribution < -0.4 is 4.90 Å². The molecule has 1 aromatic heterocycles. The third-order valence-electron chi connectivity index (χ3n) is 2.59. The lowest BCUT2D eigenvalue weighted by atomic mass is 10.4. The minimum absolute atomic E-state index is 0.113. The minimum Gasteiger partial charge on any atom is -0.464 e. The molecule has 1 aromatic rings. The van der Waals surface area contributed by atoms with Gasteiger partial charge in [-0.1, -0.05) is 38.9 Å². The van der Waals surface area contributed by atoms with Gasteiger partial charge in [0.15, 0.2) is 11.5 Å². The van der Waals surface area contributed by atoms with Crippen LogP contribution in [0.15, 0.2) is 10.8 Å². The summed E-state index contributed by atoms with van der Waals surface area (Å²) in [7, 11) is -1.72. The van der Waals surface area contributed by atoms with Gasteiger partial charge in [0.2, 0.25) is 0 Å². The van der Waals surface area contributed by atoms with Crippen molar-refractivity contribution in [2.24, 2.45) is 0 Å². The van der Waals surface area contributed by atoms with Gasteiger partial charge in [0.05, 0.1) is 12.8 Å². The standard InChI is InChI=1S/C15H20BrN3O4Si/c1-5-6-8-23-15(22)19(14(20)21)13-11(7-9-24(2,3)4)18-12(16)10-17-13/h10H,5-6,8H2,1-4H3,(H,20,21). The molecule has 24 heavy (non-hydrogen) atoms. The Morgan fingerprint density at radius 3 is 2.62 bits per heavy atom. The predicted molar refractivity (Wildman–Crippen MR) is 96.7 cm³/mol. The summed E-state index contributed by atoms with van der Waals surface area (Å²) in [4.78, 5) is 32.2. The number of carbonyl (C=O) groups excluding carboxylic acids is 1. The van der Waals surface area contributed by atoms with E-state index in [1.54, 1.807) is 0 Å². The van der Waals surface area contributed by atoms with Crippen molar-refractivity contribution in [3.63, 3.8) is 0 Å². The van der Waals surface area contributed by atoms with Crippen LogP contribution in [0.5, 0.6) is 0 Å². The molecule has 0 aliphatic rings. The van der Waals surface area contributed by atoms with Gasteiger partial charge in [-0.25, -0.2) is 19.6 Å². The number of halogens is 1. The number of ether oxygens (including phenoxy) is 1. The molecular formula is C15H20BrN3O4Si. The second-order valence-corrected chi connectivity index (χ2v) is 11.5. The first-order valence-corrected chi connectivity index (χ1v) is 11.7. The highest BCUT2D eigenvalue weighted by molar-refractivity contribution is 9.10. The van der Waals surface area contributed by atoms with Crippen LogP contribution in [0.3, 0.4) is 0 Å². The average Bonchev–Trinajstić information content (AvgIpc) is 2.46. The number of unbranched alkanes of at least 4 members (excludes halogenated alkanes) is 1. The normalized spacial score (nSPS) is 10.5. The smallest absolute Gasteiger partial charge is 0.425 e. The topological polar surface area (TPSA) is 92.6 Å². The van der Waals surface area contributed by atoms with E-state index in [-0.39, 0.29) is 18.1 Å². The maximum absolute atomic E-state index is 12.1. The van der Waals surface area contributed by atoms with E-state index < -0.39 is 20.3 Å². The average molecular weight is 414 g/mol. The second kappa shape index (κ2) is 8.80. The van der Waals surface area contributed by atoms with Crippen LogP contribution in [-0.4, -0.2) is 41.9 Å². The predicted octanol–water partition coefficient (Wildman–Crippen LogP) is 3.89. The number of nitrogens with zero attached hydrogens (tertiary/aromatic N) is 3. The van der Waals surface area contributed by atoms with Gasteiger partial charge in [0, 0.05) is 0 Å². The lowest BCUT2D eigenvalue weighted by molar-refractivity contribution is 0.147. The van der Waals surface area contributed by atoms with Crippen molar-refractivity contribution >= 4 is 42.0 Å². The zero-order valence-electron chi connectivity index (χ0n) is 14.1. The highest BCUT2D eigenvalue weighted by atomic mass is 79.9. The Labute approximate surface area is 150 Å². The first-order chi connectivity index (χ1) is 11.2. The van der Waals surface area contributed by atoms with Gasteiger partial charge < -0.3 is 9.84 Å². The molecule has 0 atom stereocenters. The number of amides is 2. The van der Waals surface area contributed by atoms with Crippen LogP contribution in [0.2, 0.25) is 19.6 Å². The molecule has 1 N–H and O–H groups in total. The molecule has 0 fully saturated rings. The third kappa shape index (κ3) is 6.29. The van der Waals surface area contributed by atoms with E-state index in [1.807, 2.05) is 26.6 Å². The van der Waals surface area contributed by atoms with E-state index in [0.29, 0.717) is 15.9 Å². The molecular weight excluding hydrogens is 394 g/mol. The lowest BCUT2D eigenvalue weighted by Gasteiger charge is -2.17. The van der Waals surface area contributed by atoms with Crippen LogP contribution in [0, 0.1) is 11.5 Å². The van der Waals surface area contributed by atoms with E-state index in [0.717, 1.165) is 6.42 Å². The van der Waals surface area contributed by atoms with Gasteiger partial charge in [-0.05, 0) is 22.4 Å². The summed E-state index contributed by atoms with van der Waals surface area (Å²) >= 11 is 3.18. The SMILES string of the molecule is CCCCOC(=O)N(C(=O)O)c1ncc(Br)nc1C#C[Si](C)(C)C. The number of hydrogen-bond acceptors (Lipinski definition) is 5. The fourth-order valence-electron chi connectivity index (χ4n) is 1.48. The molecule has 130 valence electrons. The number of imide groups is 1. The number of hydrogen-bond donors (Lipinski definition) is 1. The van der Waals surface area contributed by atoms with E-state index in [4.69, 9.17) is 4.74 Å². The van der Waals surface area contributed by atoms with Gasteiger partial charge >= 0.3 is 12.2 Å². The third-order valence-corrected chi connectivity index (χ3v) is 3.85. The molecule has 0 radical (unpaired) electrons. The first kappa shape index (κ1) is 20.1. The van der Waals surface area contributed by atoms with Crippen molar-refractivity contribution in [3.05, 3.63) is 16.5 Å². The molecule has 0 spiro atoms. The number of carboxylic acid groups (broad SMARTS) is 1. The molecule has 0 saturated carbocycles. The van der Waals surface area contributed by atoms with Gasteiger partial charge in [0.25, 0.3) is 0 Å². The Kier molecular flexibility index (Phi) is 7.38. The highest BCUT2D eigenvalue weighted by Crippen LogP contribution is 2.19. The number of carbonyl (C=O) groups is 2. The van der Waals surface area contributed by atoms with Crippen LogP contribution in [0.25, 0.3) is 0 Å². The Morgan fingerprint density at radius 2 is 2.08 bits per heavy atom. The van der Waals surface area contributed by atoms with Crippen molar-refractivity contribution in [1.29, 1.82) is 0 Å². The molecule has 1 rings (SSSR count). The summed E-state index contributed by atoms with van der Waals surface area (Å²) in [6.07, 6.45) is 0.274. The van der Waals surface area contributed by atoms with Crippen molar-refractivity contribution in [2.75, 3.05) is 11.5 Å². The van der Waals surface area contributed by atoms with Crippen LogP contribution in [0.4, 0.5) is 15.4 Å². The molecule has 0 bridgehead atoms. The number of aromatic nitrogens is 2. The molecule has 7 nitrogen and oxygen atoms in total. The quantitative estimate of drug-likeness (QED) is 0.457. The Hall–Kier alpha value is -1.92. The van der Waals surface area contributed by atoms with Crippen molar-refractivity contribution in [1.82, 2.24) is 9.97 Å². The second-order valence-electron chi connectivity index (χ2n) is 5.95. The van der Waals surface area contributed by atoms with Gasteiger partial charge in [-0.3, -0.25) is 0 Å². The zero-order valence-corrected chi connectivity index (χ0v) is 16.7. The van der Waals surface area contributed by atoms with Crippen molar-refractivity contribution < 1.29 is 19.4 Å². The van der Waals surface area contributed by atoms with E-state index in [2.05, 4.69) is 37.4 Å². The lowest BCUT2D eigenvalue weighted by Crippen LogP contribution is -2.38. The Balaban J connectivity index is 3.25. The maximum Gasteiger partial charge on any atom is 0.425 e. The van der Waals surface area contributed by atoms with Crippen molar-refractivity contribution in [3.8, 4) is 11.5 Å². The molecule has 0 unspecified atom stereocenters. The number of rotatable bonds is 4. The van der Waals surface area contributed by atoms with Gasteiger partial charge in [0.1, 0.15) is 12.7 Å². The summed E-state index contributed by atoms with van der Waals surface area (Å²) < 4.78 is 5.38. The first-order valence-electron chi connectivity index (χ1n) is 7.41. The Morgan fingerprint density at radius 1 is 1.42 bits per heavy atom. The molecule has 9 heteroatoms. The fourth-order valence-corrected chi connectivity index (χ4v) is 2.25. The minimum atomic E-state index is -1.72. The summed E-state index contributed by atoms with van der Waals surface area (Å²) in [6.45, 7) is 8.20.